The van der Waals surface area contributed by atoms with Crippen molar-refractivity contribution in [1.29, 1.82) is 0 Å². The number of rotatable bonds is 3. The molecule has 2 N–H and O–H groups in total. The Morgan fingerprint density at radius 2 is 1.31 bits per heavy atom. The molecule has 0 saturated carbocycles. The first kappa shape index (κ1) is 19.3. The van der Waals surface area contributed by atoms with Crippen LogP contribution in [0.25, 0.3) is 11.1 Å². The zero-order chi connectivity index (χ0) is 19.9. The topological polar surface area (TPSA) is 74.6 Å². The normalized spacial score (nSPS) is 12.1. The third-order valence-corrected chi connectivity index (χ3v) is 3.46. The predicted octanol–water partition coefficient (Wildman–Crippen LogP) is 4.79. The van der Waals surface area contributed by atoms with Gasteiger partial charge in [0.25, 0.3) is 0 Å². The number of carbonyl (C=O) groups is 2. The number of carboxylic acids is 2. The minimum absolute atomic E-state index is 0.517. The molecule has 0 saturated heterocycles. The van der Waals surface area contributed by atoms with Gasteiger partial charge < -0.3 is 10.2 Å². The van der Waals surface area contributed by atoms with E-state index in [0.29, 0.717) is 18.2 Å². The summed E-state index contributed by atoms with van der Waals surface area (Å²) in [6.45, 7) is 0. The monoisotopic (exact) mass is 378 g/mol. The molecule has 2 aromatic carbocycles. The number of hydrogen-bond donors (Lipinski definition) is 2. The number of halogens is 6. The highest BCUT2D eigenvalue weighted by molar-refractivity contribution is 6.04. The molecule has 0 unspecified atom stereocenters. The molecular formula is C16H8F6O4. The van der Waals surface area contributed by atoms with E-state index in [1.165, 1.54) is 0 Å². The van der Waals surface area contributed by atoms with E-state index < -0.39 is 57.7 Å². The van der Waals surface area contributed by atoms with Crippen LogP contribution in [0.4, 0.5) is 26.3 Å². The molecular weight excluding hydrogens is 370 g/mol. The lowest BCUT2D eigenvalue weighted by Crippen LogP contribution is -2.20. The molecule has 0 bridgehead atoms. The van der Waals surface area contributed by atoms with Gasteiger partial charge in [-0.1, -0.05) is 24.3 Å². The minimum Gasteiger partial charge on any atom is -0.478 e. The van der Waals surface area contributed by atoms with Crippen LogP contribution in [-0.4, -0.2) is 22.2 Å². The van der Waals surface area contributed by atoms with Gasteiger partial charge >= 0.3 is 24.3 Å². The van der Waals surface area contributed by atoms with Crippen LogP contribution < -0.4 is 0 Å². The van der Waals surface area contributed by atoms with Gasteiger partial charge in [-0.2, -0.15) is 26.3 Å². The number of carboxylic acid groups (broad SMARTS) is 2. The Kier molecular flexibility index (Phi) is 4.71. The SMILES string of the molecule is O=C(O)c1ccc(-c2ccccc2C(F)(F)F)c(C(F)(F)F)c1C(=O)O. The standard InChI is InChI=1S/C16H8F6O4/c17-15(18,19)10-4-2-1-3-7(10)8-5-6-9(13(23)24)11(14(25)26)12(8)16(20,21)22/h1-6H,(H,23,24)(H,25,26). The summed E-state index contributed by atoms with van der Waals surface area (Å²) in [5.41, 5.74) is -8.16. The Labute approximate surface area is 141 Å². The first-order valence-electron chi connectivity index (χ1n) is 6.73. The van der Waals surface area contributed by atoms with Crippen molar-refractivity contribution in [3.63, 3.8) is 0 Å². The van der Waals surface area contributed by atoms with Crippen molar-refractivity contribution in [2.45, 2.75) is 12.4 Å². The molecule has 0 aromatic heterocycles. The van der Waals surface area contributed by atoms with E-state index in [1.807, 2.05) is 0 Å². The smallest absolute Gasteiger partial charge is 0.417 e. The second kappa shape index (κ2) is 6.36. The Morgan fingerprint density at radius 1 is 0.731 bits per heavy atom. The summed E-state index contributed by atoms with van der Waals surface area (Å²) in [5.74, 6) is -4.18. The highest BCUT2D eigenvalue weighted by atomic mass is 19.4. The van der Waals surface area contributed by atoms with Crippen LogP contribution >= 0.6 is 0 Å². The molecule has 0 heterocycles. The molecule has 2 aromatic rings. The van der Waals surface area contributed by atoms with Gasteiger partial charge in [0.15, 0.2) is 0 Å². The largest absolute Gasteiger partial charge is 0.478 e. The van der Waals surface area contributed by atoms with E-state index in [0.717, 1.165) is 18.2 Å². The third-order valence-electron chi connectivity index (χ3n) is 3.46. The third kappa shape index (κ3) is 3.48. The molecule has 2 rings (SSSR count). The van der Waals surface area contributed by atoms with Crippen LogP contribution in [-0.2, 0) is 12.4 Å². The van der Waals surface area contributed by atoms with Crippen molar-refractivity contribution in [2.75, 3.05) is 0 Å². The molecule has 0 amide bonds. The Morgan fingerprint density at radius 3 is 1.77 bits per heavy atom. The Balaban J connectivity index is 3.00. The van der Waals surface area contributed by atoms with Gasteiger partial charge in [0.2, 0.25) is 0 Å². The van der Waals surface area contributed by atoms with E-state index in [4.69, 9.17) is 10.2 Å². The highest BCUT2D eigenvalue weighted by Gasteiger charge is 2.42. The fraction of sp³-hybridized carbons (Fsp3) is 0.125. The van der Waals surface area contributed by atoms with Gasteiger partial charge in [-0.3, -0.25) is 0 Å². The highest BCUT2D eigenvalue weighted by Crippen LogP contribution is 2.44. The lowest BCUT2D eigenvalue weighted by atomic mass is 9.89. The molecule has 0 spiro atoms. The zero-order valence-corrected chi connectivity index (χ0v) is 12.4. The van der Waals surface area contributed by atoms with Crippen LogP contribution in [0.15, 0.2) is 36.4 Å². The van der Waals surface area contributed by atoms with Gasteiger partial charge in [0, 0.05) is 0 Å². The fourth-order valence-corrected chi connectivity index (χ4v) is 2.49. The van der Waals surface area contributed by atoms with Crippen LogP contribution in [0.3, 0.4) is 0 Å². The summed E-state index contributed by atoms with van der Waals surface area (Å²) in [5, 5.41) is 18.0. The van der Waals surface area contributed by atoms with Crippen LogP contribution in [0, 0.1) is 0 Å². The molecule has 10 heteroatoms. The van der Waals surface area contributed by atoms with Gasteiger partial charge in [-0.15, -0.1) is 0 Å². The van der Waals surface area contributed by atoms with Gasteiger partial charge in [-0.25, -0.2) is 9.59 Å². The average Bonchev–Trinajstić information content (AvgIpc) is 2.51. The molecule has 0 radical (unpaired) electrons. The van der Waals surface area contributed by atoms with Gasteiger partial charge in [-0.05, 0) is 23.3 Å². The Hall–Kier alpha value is -3.04. The van der Waals surface area contributed by atoms with Crippen molar-refractivity contribution >= 4 is 11.9 Å². The number of hydrogen-bond acceptors (Lipinski definition) is 2. The maximum absolute atomic E-state index is 13.5. The number of aromatic carboxylic acids is 2. The van der Waals surface area contributed by atoms with Crippen LogP contribution in [0.1, 0.15) is 31.8 Å². The molecule has 0 aliphatic heterocycles. The number of alkyl halides is 6. The second-order valence-electron chi connectivity index (χ2n) is 5.06. The summed E-state index contributed by atoms with van der Waals surface area (Å²) in [7, 11) is 0. The quantitative estimate of drug-likeness (QED) is 0.754. The van der Waals surface area contributed by atoms with Crippen LogP contribution in [0.5, 0.6) is 0 Å². The molecule has 0 aliphatic carbocycles. The van der Waals surface area contributed by atoms with E-state index >= 15 is 0 Å². The van der Waals surface area contributed by atoms with Gasteiger partial charge in [0.05, 0.1) is 22.3 Å². The molecule has 0 atom stereocenters. The number of benzene rings is 2. The summed E-state index contributed by atoms with van der Waals surface area (Å²) in [4.78, 5) is 22.3. The van der Waals surface area contributed by atoms with Crippen LogP contribution in [0.2, 0.25) is 0 Å². The molecule has 0 fully saturated rings. The van der Waals surface area contributed by atoms with Crippen molar-refractivity contribution in [1.82, 2.24) is 0 Å². The molecule has 0 aliphatic rings. The van der Waals surface area contributed by atoms with Crippen molar-refractivity contribution < 1.29 is 46.1 Å². The summed E-state index contributed by atoms with van der Waals surface area (Å²) in [6.07, 6.45) is -10.4. The summed E-state index contributed by atoms with van der Waals surface area (Å²) in [6, 6.07) is 4.35. The van der Waals surface area contributed by atoms with Crippen molar-refractivity contribution in [3.8, 4) is 11.1 Å². The fourth-order valence-electron chi connectivity index (χ4n) is 2.49. The zero-order valence-electron chi connectivity index (χ0n) is 12.4. The molecule has 138 valence electrons. The average molecular weight is 378 g/mol. The lowest BCUT2D eigenvalue weighted by molar-refractivity contribution is -0.139. The van der Waals surface area contributed by atoms with E-state index in [-0.39, 0.29) is 0 Å². The molecule has 26 heavy (non-hydrogen) atoms. The Bertz CT molecular complexity index is 883. The second-order valence-corrected chi connectivity index (χ2v) is 5.06. The van der Waals surface area contributed by atoms with Gasteiger partial charge in [0.1, 0.15) is 0 Å². The van der Waals surface area contributed by atoms with E-state index in [2.05, 4.69) is 0 Å². The summed E-state index contributed by atoms with van der Waals surface area (Å²) >= 11 is 0. The van der Waals surface area contributed by atoms with Crippen molar-refractivity contribution in [3.05, 3.63) is 58.7 Å². The maximum Gasteiger partial charge on any atom is 0.417 e. The predicted molar refractivity (Wildman–Crippen MR) is 75.8 cm³/mol. The summed E-state index contributed by atoms with van der Waals surface area (Å²) < 4.78 is 79.9. The van der Waals surface area contributed by atoms with Crippen molar-refractivity contribution in [2.24, 2.45) is 0 Å². The first-order valence-corrected chi connectivity index (χ1v) is 6.73. The maximum atomic E-state index is 13.5. The minimum atomic E-state index is -5.41. The molecule has 4 nitrogen and oxygen atoms in total. The van der Waals surface area contributed by atoms with E-state index in [1.54, 1.807) is 0 Å². The van der Waals surface area contributed by atoms with E-state index in [9.17, 15) is 35.9 Å². The lowest BCUT2D eigenvalue weighted by Gasteiger charge is -2.20. The first-order chi connectivity index (χ1) is 11.9.